The van der Waals surface area contributed by atoms with E-state index in [1.165, 1.54) is 8.66 Å². The van der Waals surface area contributed by atoms with Gasteiger partial charge >= 0.3 is 0 Å². The molecule has 0 unspecified atom stereocenters. The van der Waals surface area contributed by atoms with Gasteiger partial charge in [-0.05, 0) is 42.2 Å². The maximum atomic E-state index is 5.77. The Labute approximate surface area is 115 Å². The van der Waals surface area contributed by atoms with Crippen LogP contribution in [-0.4, -0.2) is 56.2 Å². The lowest BCUT2D eigenvalue weighted by atomic mass is 10.2. The second-order valence-corrected chi connectivity index (χ2v) is 7.24. The van der Waals surface area contributed by atoms with Crippen LogP contribution >= 0.6 is 27.3 Å². The minimum atomic E-state index is 0.349. The summed E-state index contributed by atoms with van der Waals surface area (Å²) in [5.41, 5.74) is 0. The molecule has 1 saturated heterocycles. The maximum absolute atomic E-state index is 5.77. The van der Waals surface area contributed by atoms with Crippen molar-refractivity contribution in [2.45, 2.75) is 12.6 Å². The Balaban J connectivity index is 1.85. The molecular weight excluding hydrogens is 300 g/mol. The highest BCUT2D eigenvalue weighted by Crippen LogP contribution is 2.23. The first kappa shape index (κ1) is 13.5. The SMILES string of the molecule is CN(C)C[C@@H]1CN(Cc2ccc(Br)s2)CCO1. The number of hydrogen-bond donors (Lipinski definition) is 0. The zero-order valence-corrected chi connectivity index (χ0v) is 12.8. The number of morpholine rings is 1. The molecule has 0 spiro atoms. The number of thiophene rings is 1. The lowest BCUT2D eigenvalue weighted by molar-refractivity contribution is -0.0404. The molecular formula is C12H19BrN2OS. The van der Waals surface area contributed by atoms with Gasteiger partial charge in [-0.15, -0.1) is 11.3 Å². The normalized spacial score (nSPS) is 22.2. The summed E-state index contributed by atoms with van der Waals surface area (Å²) in [5.74, 6) is 0. The summed E-state index contributed by atoms with van der Waals surface area (Å²) in [5, 5.41) is 0. The summed E-state index contributed by atoms with van der Waals surface area (Å²) in [6.07, 6.45) is 0.349. The molecule has 96 valence electrons. The van der Waals surface area contributed by atoms with Crippen molar-refractivity contribution in [2.24, 2.45) is 0 Å². The standard InChI is InChI=1S/C12H19BrN2OS/c1-14(2)7-10-8-15(5-6-16-10)9-11-3-4-12(13)17-11/h3-4,10H,5-9H2,1-2H3/t10-/m1/s1. The van der Waals surface area contributed by atoms with Crippen LogP contribution in [0.15, 0.2) is 15.9 Å². The second kappa shape index (κ2) is 6.29. The van der Waals surface area contributed by atoms with Gasteiger partial charge in [0, 0.05) is 31.1 Å². The van der Waals surface area contributed by atoms with Gasteiger partial charge in [0.05, 0.1) is 16.5 Å². The van der Waals surface area contributed by atoms with Crippen molar-refractivity contribution in [1.29, 1.82) is 0 Å². The van der Waals surface area contributed by atoms with Crippen molar-refractivity contribution in [2.75, 3.05) is 40.3 Å². The first-order chi connectivity index (χ1) is 8.13. The summed E-state index contributed by atoms with van der Waals surface area (Å²) in [4.78, 5) is 6.09. The van der Waals surface area contributed by atoms with Gasteiger partial charge in [0.25, 0.3) is 0 Å². The second-order valence-electron chi connectivity index (χ2n) is 4.70. The highest BCUT2D eigenvalue weighted by Gasteiger charge is 2.21. The minimum Gasteiger partial charge on any atom is -0.374 e. The van der Waals surface area contributed by atoms with E-state index in [2.05, 4.69) is 52.0 Å². The molecule has 5 heteroatoms. The van der Waals surface area contributed by atoms with Gasteiger partial charge in [-0.25, -0.2) is 0 Å². The Hall–Kier alpha value is 0.0600. The maximum Gasteiger partial charge on any atom is 0.0829 e. The van der Waals surface area contributed by atoms with E-state index < -0.39 is 0 Å². The lowest BCUT2D eigenvalue weighted by Gasteiger charge is -2.33. The molecule has 1 aliphatic heterocycles. The quantitative estimate of drug-likeness (QED) is 0.847. The molecule has 1 aromatic heterocycles. The van der Waals surface area contributed by atoms with Crippen molar-refractivity contribution in [3.63, 3.8) is 0 Å². The fraction of sp³-hybridized carbons (Fsp3) is 0.667. The Bertz CT molecular complexity index is 356. The molecule has 1 aromatic rings. The Morgan fingerprint density at radius 3 is 3.00 bits per heavy atom. The molecule has 0 amide bonds. The lowest BCUT2D eigenvalue weighted by Crippen LogP contribution is -2.45. The van der Waals surface area contributed by atoms with Crippen LogP contribution in [0.4, 0.5) is 0 Å². The third-order valence-corrected chi connectivity index (χ3v) is 4.41. The van der Waals surface area contributed by atoms with E-state index in [0.29, 0.717) is 6.10 Å². The van der Waals surface area contributed by atoms with Gasteiger partial charge < -0.3 is 9.64 Å². The molecule has 0 N–H and O–H groups in total. The van der Waals surface area contributed by atoms with Crippen molar-refractivity contribution in [3.05, 3.63) is 20.8 Å². The Morgan fingerprint density at radius 1 is 1.53 bits per heavy atom. The number of hydrogen-bond acceptors (Lipinski definition) is 4. The van der Waals surface area contributed by atoms with E-state index in [4.69, 9.17) is 4.74 Å². The molecule has 2 rings (SSSR count). The molecule has 0 saturated carbocycles. The predicted octanol–water partition coefficient (Wildman–Crippen LogP) is 2.27. The zero-order chi connectivity index (χ0) is 12.3. The largest absolute Gasteiger partial charge is 0.374 e. The molecule has 2 heterocycles. The van der Waals surface area contributed by atoms with E-state index in [1.807, 2.05) is 11.3 Å². The first-order valence-corrected chi connectivity index (χ1v) is 7.47. The van der Waals surface area contributed by atoms with Gasteiger partial charge in [-0.1, -0.05) is 0 Å². The third-order valence-electron chi connectivity index (χ3n) is 2.80. The van der Waals surface area contributed by atoms with Crippen LogP contribution in [0, 0.1) is 0 Å². The van der Waals surface area contributed by atoms with Crippen LogP contribution in [0.1, 0.15) is 4.88 Å². The monoisotopic (exact) mass is 318 g/mol. The average Bonchev–Trinajstić information content (AvgIpc) is 2.63. The molecule has 0 radical (unpaired) electrons. The molecule has 3 nitrogen and oxygen atoms in total. The summed E-state index contributed by atoms with van der Waals surface area (Å²) in [6, 6.07) is 4.32. The summed E-state index contributed by atoms with van der Waals surface area (Å²) in [6.45, 7) is 4.98. The van der Waals surface area contributed by atoms with E-state index >= 15 is 0 Å². The van der Waals surface area contributed by atoms with Crippen molar-refractivity contribution in [1.82, 2.24) is 9.80 Å². The third kappa shape index (κ3) is 4.34. The van der Waals surface area contributed by atoms with Gasteiger partial charge in [0.15, 0.2) is 0 Å². The van der Waals surface area contributed by atoms with E-state index in [-0.39, 0.29) is 0 Å². The summed E-state index contributed by atoms with van der Waals surface area (Å²) in [7, 11) is 4.19. The first-order valence-electron chi connectivity index (χ1n) is 5.86. The predicted molar refractivity (Wildman–Crippen MR) is 75.6 cm³/mol. The Kier molecular flexibility index (Phi) is 4.99. The molecule has 0 aromatic carbocycles. The van der Waals surface area contributed by atoms with E-state index in [0.717, 1.165) is 32.8 Å². The minimum absolute atomic E-state index is 0.349. The van der Waals surface area contributed by atoms with Gasteiger partial charge in [-0.2, -0.15) is 0 Å². The van der Waals surface area contributed by atoms with Crippen molar-refractivity contribution >= 4 is 27.3 Å². The molecule has 1 fully saturated rings. The van der Waals surface area contributed by atoms with Gasteiger partial charge in [0.2, 0.25) is 0 Å². The van der Waals surface area contributed by atoms with Gasteiger partial charge in [0.1, 0.15) is 0 Å². The van der Waals surface area contributed by atoms with E-state index in [9.17, 15) is 0 Å². The van der Waals surface area contributed by atoms with Crippen molar-refractivity contribution in [3.8, 4) is 0 Å². The molecule has 0 bridgehead atoms. The Morgan fingerprint density at radius 2 is 2.35 bits per heavy atom. The fourth-order valence-corrected chi connectivity index (χ4v) is 3.62. The van der Waals surface area contributed by atoms with Crippen LogP contribution in [-0.2, 0) is 11.3 Å². The highest BCUT2D eigenvalue weighted by molar-refractivity contribution is 9.11. The molecule has 1 atom stereocenters. The summed E-state index contributed by atoms with van der Waals surface area (Å²) < 4.78 is 6.99. The zero-order valence-electron chi connectivity index (χ0n) is 10.4. The van der Waals surface area contributed by atoms with Crippen LogP contribution in [0.25, 0.3) is 0 Å². The molecule has 1 aliphatic rings. The molecule has 17 heavy (non-hydrogen) atoms. The average molecular weight is 319 g/mol. The van der Waals surface area contributed by atoms with Crippen molar-refractivity contribution < 1.29 is 4.74 Å². The highest BCUT2D eigenvalue weighted by atomic mass is 79.9. The van der Waals surface area contributed by atoms with Crippen LogP contribution in [0.3, 0.4) is 0 Å². The number of likely N-dealkylation sites (N-methyl/N-ethyl adjacent to an activating group) is 1. The van der Waals surface area contributed by atoms with Crippen LogP contribution in [0.5, 0.6) is 0 Å². The summed E-state index contributed by atoms with van der Waals surface area (Å²) >= 11 is 5.33. The number of ether oxygens (including phenoxy) is 1. The number of rotatable bonds is 4. The number of nitrogens with zero attached hydrogens (tertiary/aromatic N) is 2. The molecule has 0 aliphatic carbocycles. The smallest absolute Gasteiger partial charge is 0.0829 e. The van der Waals surface area contributed by atoms with Crippen LogP contribution in [0.2, 0.25) is 0 Å². The van der Waals surface area contributed by atoms with Gasteiger partial charge in [-0.3, -0.25) is 4.90 Å². The van der Waals surface area contributed by atoms with Crippen LogP contribution < -0.4 is 0 Å². The number of halogens is 1. The topological polar surface area (TPSA) is 15.7 Å². The fourth-order valence-electron chi connectivity index (χ4n) is 2.10. The van der Waals surface area contributed by atoms with E-state index in [1.54, 1.807) is 0 Å².